The second-order valence-electron chi connectivity index (χ2n) is 4.34. The van der Waals surface area contributed by atoms with Crippen molar-refractivity contribution in [2.45, 2.75) is 45.6 Å². The Morgan fingerprint density at radius 3 is 2.18 bits per heavy atom. The van der Waals surface area contributed by atoms with E-state index in [9.17, 15) is 15.2 Å². The van der Waals surface area contributed by atoms with Crippen LogP contribution in [0, 0.1) is 5.41 Å². The smallest absolute Gasteiger partial charge is 0.259 e. The molecule has 17 heavy (non-hydrogen) atoms. The molecule has 0 aromatic carbocycles. The van der Waals surface area contributed by atoms with Gasteiger partial charge >= 0.3 is 0 Å². The van der Waals surface area contributed by atoms with Crippen LogP contribution in [0.2, 0.25) is 0 Å². The topological polar surface area (TPSA) is 73.1 Å². The number of carbonyl (C=O) groups excluding carboxylic acids is 1. The number of carbonyl (C=O) groups is 1. The maximum Gasteiger partial charge on any atom is 0.259 e. The van der Waals surface area contributed by atoms with Crippen molar-refractivity contribution in [1.82, 2.24) is 5.06 Å². The van der Waals surface area contributed by atoms with Crippen LogP contribution < -0.4 is 0 Å². The van der Waals surface area contributed by atoms with Crippen LogP contribution in [0.25, 0.3) is 0 Å². The van der Waals surface area contributed by atoms with E-state index < -0.39 is 16.9 Å². The number of oxime groups is 1. The summed E-state index contributed by atoms with van der Waals surface area (Å²) < 4.78 is 0. The number of amides is 1. The van der Waals surface area contributed by atoms with Crippen LogP contribution in [0.5, 0.6) is 0 Å². The highest BCUT2D eigenvalue weighted by molar-refractivity contribution is 6.19. The molecular weight excluding hydrogens is 220 g/mol. The zero-order valence-electron chi connectivity index (χ0n) is 10.6. The Labute approximate surface area is 101 Å². The molecule has 0 spiro atoms. The Kier molecular flexibility index (Phi) is 3.62. The van der Waals surface area contributed by atoms with Crippen LogP contribution in [0.15, 0.2) is 17.8 Å². The van der Waals surface area contributed by atoms with Gasteiger partial charge in [0.1, 0.15) is 11.3 Å². The van der Waals surface area contributed by atoms with Gasteiger partial charge in [-0.2, -0.15) is 0 Å². The molecule has 1 heterocycles. The molecule has 0 saturated carbocycles. The number of hydroxylamine groups is 2. The lowest BCUT2D eigenvalue weighted by atomic mass is 9.73. The molecule has 1 fully saturated rings. The average molecular weight is 240 g/mol. The predicted octanol–water partition coefficient (Wildman–Crippen LogP) is 2.19. The summed E-state index contributed by atoms with van der Waals surface area (Å²) in [6.07, 6.45) is 2.84. The van der Waals surface area contributed by atoms with Crippen molar-refractivity contribution in [3.05, 3.63) is 12.7 Å². The summed E-state index contributed by atoms with van der Waals surface area (Å²) in [7, 11) is 0. The van der Waals surface area contributed by atoms with Gasteiger partial charge in [0, 0.05) is 0 Å². The van der Waals surface area contributed by atoms with Crippen molar-refractivity contribution < 1.29 is 15.2 Å². The monoisotopic (exact) mass is 240 g/mol. The van der Waals surface area contributed by atoms with Crippen LogP contribution in [0.1, 0.15) is 40.0 Å². The first-order valence-corrected chi connectivity index (χ1v) is 5.90. The molecule has 2 N–H and O–H groups in total. The van der Waals surface area contributed by atoms with Crippen LogP contribution >= 0.6 is 0 Å². The van der Waals surface area contributed by atoms with Crippen LogP contribution in [0.4, 0.5) is 0 Å². The van der Waals surface area contributed by atoms with Gasteiger partial charge < -0.3 is 5.21 Å². The Morgan fingerprint density at radius 1 is 1.35 bits per heavy atom. The predicted molar refractivity (Wildman–Crippen MR) is 64.1 cm³/mol. The van der Waals surface area contributed by atoms with E-state index in [0.717, 1.165) is 0 Å². The molecule has 1 saturated heterocycles. The summed E-state index contributed by atoms with van der Waals surface area (Å²) in [4.78, 5) is 12.2. The van der Waals surface area contributed by atoms with E-state index in [4.69, 9.17) is 0 Å². The summed E-state index contributed by atoms with van der Waals surface area (Å²) in [5.74, 6) is -0.419. The molecule has 5 nitrogen and oxygen atoms in total. The van der Waals surface area contributed by atoms with Crippen molar-refractivity contribution in [1.29, 1.82) is 0 Å². The third-order valence-corrected chi connectivity index (χ3v) is 4.03. The van der Waals surface area contributed by atoms with E-state index in [1.54, 1.807) is 0 Å². The minimum absolute atomic E-state index is 0.292. The first-order chi connectivity index (χ1) is 8.00. The maximum atomic E-state index is 12.2. The van der Waals surface area contributed by atoms with Crippen molar-refractivity contribution in [3.8, 4) is 0 Å². The van der Waals surface area contributed by atoms with Crippen LogP contribution in [0.3, 0.4) is 0 Å². The zero-order valence-corrected chi connectivity index (χ0v) is 10.6. The average Bonchev–Trinajstić information content (AvgIpc) is 2.56. The largest absolute Gasteiger partial charge is 0.411 e. The summed E-state index contributed by atoms with van der Waals surface area (Å²) in [5, 5.41) is 23.2. The van der Waals surface area contributed by atoms with E-state index in [1.807, 2.05) is 20.8 Å². The highest BCUT2D eigenvalue weighted by atomic mass is 16.5. The minimum atomic E-state index is -1.09. The van der Waals surface area contributed by atoms with Gasteiger partial charge in [0.15, 0.2) is 0 Å². The first-order valence-electron chi connectivity index (χ1n) is 5.90. The minimum Gasteiger partial charge on any atom is -0.411 e. The molecule has 0 radical (unpaired) electrons. The first kappa shape index (κ1) is 13.7. The second-order valence-corrected chi connectivity index (χ2v) is 4.34. The maximum absolute atomic E-state index is 12.2. The van der Waals surface area contributed by atoms with E-state index in [-0.39, 0.29) is 0 Å². The molecule has 96 valence electrons. The molecule has 1 aliphatic heterocycles. The third kappa shape index (κ3) is 1.42. The van der Waals surface area contributed by atoms with Gasteiger partial charge in [-0.05, 0) is 19.3 Å². The summed E-state index contributed by atoms with van der Waals surface area (Å²) in [5.41, 5.74) is -1.72. The molecule has 1 atom stereocenters. The normalized spacial score (nSPS) is 30.0. The highest BCUT2D eigenvalue weighted by Gasteiger charge is 2.62. The van der Waals surface area contributed by atoms with Crippen molar-refractivity contribution in [3.63, 3.8) is 0 Å². The van der Waals surface area contributed by atoms with Crippen molar-refractivity contribution >= 4 is 11.6 Å². The van der Waals surface area contributed by atoms with Gasteiger partial charge in [-0.25, -0.2) is 5.06 Å². The molecule has 0 aromatic rings. The number of hydrogen-bond donors (Lipinski definition) is 2. The highest BCUT2D eigenvalue weighted by Crippen LogP contribution is 2.46. The Balaban J connectivity index is 3.51. The zero-order chi connectivity index (χ0) is 13.3. The lowest BCUT2D eigenvalue weighted by Crippen LogP contribution is -2.46. The van der Waals surface area contributed by atoms with E-state index in [1.165, 1.54) is 6.08 Å². The fourth-order valence-electron chi connectivity index (χ4n) is 2.71. The summed E-state index contributed by atoms with van der Waals surface area (Å²) in [6, 6.07) is 0. The fourth-order valence-corrected chi connectivity index (χ4v) is 2.71. The molecule has 1 amide bonds. The number of hydrogen-bond acceptors (Lipinski definition) is 4. The summed E-state index contributed by atoms with van der Waals surface area (Å²) >= 11 is 0. The lowest BCUT2D eigenvalue weighted by molar-refractivity contribution is -0.177. The van der Waals surface area contributed by atoms with E-state index >= 15 is 0 Å². The van der Waals surface area contributed by atoms with Crippen LogP contribution in [-0.2, 0) is 4.79 Å². The molecule has 0 bridgehead atoms. The number of nitrogens with zero attached hydrogens (tertiary/aromatic N) is 2. The van der Waals surface area contributed by atoms with Crippen molar-refractivity contribution in [2.24, 2.45) is 10.6 Å². The van der Waals surface area contributed by atoms with Gasteiger partial charge in [-0.1, -0.05) is 32.0 Å². The third-order valence-electron chi connectivity index (χ3n) is 4.03. The van der Waals surface area contributed by atoms with Gasteiger partial charge in [-0.15, -0.1) is 6.58 Å². The van der Waals surface area contributed by atoms with E-state index in [2.05, 4.69) is 11.7 Å². The van der Waals surface area contributed by atoms with Crippen molar-refractivity contribution in [2.75, 3.05) is 0 Å². The quantitative estimate of drug-likeness (QED) is 0.342. The molecule has 5 heteroatoms. The SMILES string of the molecule is C=CC1(CC)/C(=N/O)C(CC)(CC)C(=O)N1O. The Hall–Kier alpha value is -1.36. The van der Waals surface area contributed by atoms with Gasteiger partial charge in [0.2, 0.25) is 0 Å². The fraction of sp³-hybridized carbons (Fsp3) is 0.667. The number of rotatable bonds is 4. The molecular formula is C12H20N2O3. The van der Waals surface area contributed by atoms with Gasteiger partial charge in [0.25, 0.3) is 5.91 Å². The molecule has 0 aromatic heterocycles. The molecule has 1 unspecified atom stereocenters. The Morgan fingerprint density at radius 2 is 1.88 bits per heavy atom. The van der Waals surface area contributed by atoms with E-state index in [0.29, 0.717) is 30.0 Å². The standard InChI is InChI=1S/C12H20N2O3/c1-5-11(6-2)9(13-16)12(7-3,8-4)14(17)10(11)15/h7,16-17H,3,5-6,8H2,1-2,4H3/b13-9+. The van der Waals surface area contributed by atoms with Gasteiger partial charge in [0.05, 0.1) is 5.41 Å². The second kappa shape index (κ2) is 4.49. The lowest BCUT2D eigenvalue weighted by Gasteiger charge is -2.30. The molecule has 0 aliphatic carbocycles. The van der Waals surface area contributed by atoms with Gasteiger partial charge in [-0.3, -0.25) is 10.0 Å². The van der Waals surface area contributed by atoms with Crippen LogP contribution in [-0.4, -0.2) is 32.6 Å². The molecule has 1 aliphatic rings. The Bertz CT molecular complexity index is 361. The molecule has 1 rings (SSSR count). The summed E-state index contributed by atoms with van der Waals surface area (Å²) in [6.45, 7) is 9.15.